The first kappa shape index (κ1) is 13.9. The Bertz CT molecular complexity index is 493. The topological polar surface area (TPSA) is 53.0 Å². The van der Waals surface area contributed by atoms with E-state index in [1.165, 1.54) is 16.8 Å². The highest BCUT2D eigenvalue weighted by Crippen LogP contribution is 2.32. The van der Waals surface area contributed by atoms with Crippen LogP contribution >= 0.6 is 0 Å². The van der Waals surface area contributed by atoms with Crippen molar-refractivity contribution in [2.75, 3.05) is 11.9 Å². The van der Waals surface area contributed by atoms with Crippen molar-refractivity contribution in [3.05, 3.63) is 29.3 Å². The summed E-state index contributed by atoms with van der Waals surface area (Å²) in [6.07, 6.45) is 3.58. The monoisotopic (exact) mass is 257 g/mol. The van der Waals surface area contributed by atoms with E-state index in [1.54, 1.807) is 0 Å². The maximum Gasteiger partial charge on any atom is 0.104 e. The predicted octanol–water partition coefficient (Wildman–Crippen LogP) is 2.90. The number of nitrogens with zero attached hydrogens (tertiary/aromatic N) is 2. The van der Waals surface area contributed by atoms with E-state index in [0.29, 0.717) is 6.04 Å². The summed E-state index contributed by atoms with van der Waals surface area (Å²) in [4.78, 5) is 2.36. The van der Waals surface area contributed by atoms with Gasteiger partial charge in [-0.05, 0) is 56.7 Å². The minimum Gasteiger partial charge on any atom is -0.371 e. The summed E-state index contributed by atoms with van der Waals surface area (Å²) < 4.78 is 0. The Kier molecular flexibility index (Phi) is 3.82. The van der Waals surface area contributed by atoms with E-state index in [-0.39, 0.29) is 0 Å². The summed E-state index contributed by atoms with van der Waals surface area (Å²) in [5.41, 5.74) is 9.32. The van der Waals surface area contributed by atoms with Gasteiger partial charge in [-0.25, -0.2) is 0 Å². The molecule has 1 aromatic rings. The average Bonchev–Trinajstić information content (AvgIpc) is 2.42. The van der Waals surface area contributed by atoms with Crippen molar-refractivity contribution in [3.63, 3.8) is 0 Å². The van der Waals surface area contributed by atoms with E-state index in [2.05, 4.69) is 50.1 Å². The minimum absolute atomic E-state index is 0.491. The first-order valence-corrected chi connectivity index (χ1v) is 6.95. The zero-order valence-corrected chi connectivity index (χ0v) is 12.1. The number of hydrogen-bond acceptors (Lipinski definition) is 3. The van der Waals surface area contributed by atoms with Crippen LogP contribution in [0.3, 0.4) is 0 Å². The van der Waals surface area contributed by atoms with Gasteiger partial charge in [-0.3, -0.25) is 0 Å². The minimum atomic E-state index is -0.598. The summed E-state index contributed by atoms with van der Waals surface area (Å²) in [7, 11) is 2.16. The third kappa shape index (κ3) is 2.90. The molecule has 3 heteroatoms. The molecule has 1 aliphatic rings. The second-order valence-corrected chi connectivity index (χ2v) is 5.90. The third-order valence-electron chi connectivity index (χ3n) is 4.36. The Morgan fingerprint density at radius 2 is 1.95 bits per heavy atom. The summed E-state index contributed by atoms with van der Waals surface area (Å²) in [5.74, 6) is 0. The molecule has 1 aliphatic carbocycles. The number of rotatable bonds is 2. The number of nitrogens with two attached hydrogens (primary N) is 1. The van der Waals surface area contributed by atoms with Gasteiger partial charge >= 0.3 is 0 Å². The molecular weight excluding hydrogens is 234 g/mol. The molecule has 0 unspecified atom stereocenters. The largest absolute Gasteiger partial charge is 0.371 e. The van der Waals surface area contributed by atoms with E-state index in [0.717, 1.165) is 25.7 Å². The van der Waals surface area contributed by atoms with Crippen LogP contribution < -0.4 is 10.6 Å². The first-order chi connectivity index (χ1) is 8.95. The van der Waals surface area contributed by atoms with E-state index < -0.39 is 5.54 Å². The lowest BCUT2D eigenvalue weighted by Gasteiger charge is -2.38. The summed E-state index contributed by atoms with van der Waals surface area (Å²) in [5, 5.41) is 9.08. The van der Waals surface area contributed by atoms with Crippen LogP contribution in [0.15, 0.2) is 18.2 Å². The molecule has 2 rings (SSSR count). The number of hydrogen-bond donors (Lipinski definition) is 1. The van der Waals surface area contributed by atoms with Crippen LogP contribution in [0.5, 0.6) is 0 Å². The van der Waals surface area contributed by atoms with Gasteiger partial charge in [0.1, 0.15) is 5.54 Å². The van der Waals surface area contributed by atoms with Crippen LogP contribution in [-0.2, 0) is 0 Å². The molecule has 2 N–H and O–H groups in total. The van der Waals surface area contributed by atoms with Gasteiger partial charge in [-0.1, -0.05) is 12.1 Å². The molecule has 0 saturated heterocycles. The molecule has 0 spiro atoms. The molecule has 1 saturated carbocycles. The Morgan fingerprint density at radius 1 is 1.32 bits per heavy atom. The maximum atomic E-state index is 9.08. The quantitative estimate of drug-likeness (QED) is 0.886. The molecular formula is C16H23N3. The molecule has 1 fully saturated rings. The molecule has 0 aliphatic heterocycles. The van der Waals surface area contributed by atoms with Gasteiger partial charge in [0.05, 0.1) is 6.07 Å². The molecule has 0 radical (unpaired) electrons. The SMILES string of the molecule is Cc1ccc(C)c(N(C)C2CCC(N)(C#N)CC2)c1. The molecule has 1 aromatic carbocycles. The Hall–Kier alpha value is -1.53. The van der Waals surface area contributed by atoms with Gasteiger partial charge in [0.15, 0.2) is 0 Å². The predicted molar refractivity (Wildman–Crippen MR) is 79.1 cm³/mol. The number of anilines is 1. The van der Waals surface area contributed by atoms with Crippen molar-refractivity contribution in [2.24, 2.45) is 5.73 Å². The van der Waals surface area contributed by atoms with Crippen molar-refractivity contribution in [2.45, 2.75) is 51.1 Å². The molecule has 0 heterocycles. The Morgan fingerprint density at radius 3 is 2.53 bits per heavy atom. The highest BCUT2D eigenvalue weighted by molar-refractivity contribution is 5.55. The van der Waals surface area contributed by atoms with Crippen molar-refractivity contribution in [1.29, 1.82) is 5.26 Å². The molecule has 0 atom stereocenters. The summed E-state index contributed by atoms with van der Waals surface area (Å²) in [6.45, 7) is 4.27. The normalized spacial score (nSPS) is 26.8. The Labute approximate surface area is 116 Å². The second-order valence-electron chi connectivity index (χ2n) is 5.90. The smallest absolute Gasteiger partial charge is 0.104 e. The van der Waals surface area contributed by atoms with E-state index in [9.17, 15) is 0 Å². The van der Waals surface area contributed by atoms with Crippen LogP contribution in [0.2, 0.25) is 0 Å². The van der Waals surface area contributed by atoms with Gasteiger partial charge < -0.3 is 10.6 Å². The number of nitriles is 1. The third-order valence-corrected chi connectivity index (χ3v) is 4.36. The fourth-order valence-corrected chi connectivity index (χ4v) is 2.91. The van der Waals surface area contributed by atoms with Crippen LogP contribution in [0, 0.1) is 25.2 Å². The second kappa shape index (κ2) is 5.22. The molecule has 19 heavy (non-hydrogen) atoms. The summed E-state index contributed by atoms with van der Waals surface area (Å²) >= 11 is 0. The fraction of sp³-hybridized carbons (Fsp3) is 0.562. The van der Waals surface area contributed by atoms with E-state index >= 15 is 0 Å². The lowest BCUT2D eigenvalue weighted by molar-refractivity contribution is 0.327. The lowest BCUT2D eigenvalue weighted by atomic mass is 9.80. The van der Waals surface area contributed by atoms with Gasteiger partial charge in [0.25, 0.3) is 0 Å². The van der Waals surface area contributed by atoms with E-state index in [1.807, 2.05) is 0 Å². The number of aryl methyl sites for hydroxylation is 2. The lowest BCUT2D eigenvalue weighted by Crippen LogP contribution is -2.46. The zero-order valence-electron chi connectivity index (χ0n) is 12.1. The van der Waals surface area contributed by atoms with Crippen LogP contribution in [0.1, 0.15) is 36.8 Å². The van der Waals surface area contributed by atoms with Gasteiger partial charge in [-0.15, -0.1) is 0 Å². The highest BCUT2D eigenvalue weighted by atomic mass is 15.1. The first-order valence-electron chi connectivity index (χ1n) is 6.95. The standard InChI is InChI=1S/C16H23N3/c1-12-4-5-13(2)15(10-12)19(3)14-6-8-16(18,11-17)9-7-14/h4-5,10,14H,6-9,18H2,1-3H3. The van der Waals surface area contributed by atoms with Crippen molar-refractivity contribution in [1.82, 2.24) is 0 Å². The van der Waals surface area contributed by atoms with Gasteiger partial charge in [0, 0.05) is 18.8 Å². The van der Waals surface area contributed by atoms with Crippen molar-refractivity contribution >= 4 is 5.69 Å². The molecule has 0 amide bonds. The number of benzene rings is 1. The van der Waals surface area contributed by atoms with Gasteiger partial charge in [-0.2, -0.15) is 5.26 Å². The van der Waals surface area contributed by atoms with Crippen LogP contribution in [0.4, 0.5) is 5.69 Å². The summed E-state index contributed by atoms with van der Waals surface area (Å²) in [6, 6.07) is 9.31. The zero-order chi connectivity index (χ0) is 14.0. The molecule has 0 aromatic heterocycles. The average molecular weight is 257 g/mol. The van der Waals surface area contributed by atoms with Gasteiger partial charge in [0.2, 0.25) is 0 Å². The van der Waals surface area contributed by atoms with Crippen LogP contribution in [0.25, 0.3) is 0 Å². The molecule has 0 bridgehead atoms. The van der Waals surface area contributed by atoms with Crippen LogP contribution in [-0.4, -0.2) is 18.6 Å². The van der Waals surface area contributed by atoms with Crippen molar-refractivity contribution < 1.29 is 0 Å². The Balaban J connectivity index is 2.12. The molecule has 3 nitrogen and oxygen atoms in total. The van der Waals surface area contributed by atoms with E-state index in [4.69, 9.17) is 11.0 Å². The fourth-order valence-electron chi connectivity index (χ4n) is 2.91. The van der Waals surface area contributed by atoms with Crippen molar-refractivity contribution in [3.8, 4) is 6.07 Å². The molecule has 102 valence electrons. The maximum absolute atomic E-state index is 9.08. The highest BCUT2D eigenvalue weighted by Gasteiger charge is 2.33.